The molecule has 4 heteroatoms. The van der Waals surface area contributed by atoms with Crippen molar-refractivity contribution in [2.75, 3.05) is 6.54 Å². The third-order valence-corrected chi connectivity index (χ3v) is 1.37. The van der Waals surface area contributed by atoms with Crippen molar-refractivity contribution in [1.82, 2.24) is 14.8 Å². The number of aromatic nitrogens is 3. The molecule has 0 bridgehead atoms. The molecule has 0 aliphatic carbocycles. The Morgan fingerprint density at radius 2 is 2.18 bits per heavy atom. The van der Waals surface area contributed by atoms with E-state index in [1.54, 1.807) is 0 Å². The van der Waals surface area contributed by atoms with Crippen molar-refractivity contribution >= 4 is 0 Å². The van der Waals surface area contributed by atoms with Gasteiger partial charge in [-0.25, -0.2) is 0 Å². The maximum absolute atomic E-state index is 5.37. The minimum Gasteiger partial charge on any atom is -0.365 e. The van der Waals surface area contributed by atoms with Crippen LogP contribution in [0.3, 0.4) is 0 Å². The number of nitrogens with two attached hydrogens (primary N) is 1. The molecule has 0 aromatic carbocycles. The van der Waals surface area contributed by atoms with Crippen LogP contribution < -0.4 is 5.73 Å². The molecule has 0 atom stereocenters. The lowest BCUT2D eigenvalue weighted by Crippen LogP contribution is -2.06. The summed E-state index contributed by atoms with van der Waals surface area (Å²) in [5, 5.41) is 3.06. The van der Waals surface area contributed by atoms with Gasteiger partial charge in [-0.2, -0.15) is 0 Å². The largest absolute Gasteiger partial charge is 0.365 e. The number of H-pyrrole nitrogens is 2. The highest BCUT2D eigenvalue weighted by Crippen LogP contribution is 1.83. The van der Waals surface area contributed by atoms with Crippen molar-refractivity contribution in [2.45, 2.75) is 13.0 Å². The second-order valence-electron chi connectivity index (χ2n) is 2.28. The Balaban J connectivity index is 2.58. The molecular weight excluding hydrogens is 140 g/mol. The Labute approximate surface area is 65.7 Å². The highest BCUT2D eigenvalue weighted by molar-refractivity contribution is 4.70. The summed E-state index contributed by atoms with van der Waals surface area (Å²) in [6.45, 7) is 1.65. The summed E-state index contributed by atoms with van der Waals surface area (Å²) in [5.74, 6) is 0. The van der Waals surface area contributed by atoms with Crippen molar-refractivity contribution in [3.63, 3.8) is 0 Å². The summed E-state index contributed by atoms with van der Waals surface area (Å²) in [5.41, 5.74) is 5.37. The molecule has 1 aromatic rings. The van der Waals surface area contributed by atoms with Gasteiger partial charge in [0.2, 0.25) is 0 Å². The van der Waals surface area contributed by atoms with Gasteiger partial charge in [0.1, 0.15) is 0 Å². The number of aromatic amines is 2. The fourth-order valence-corrected chi connectivity index (χ4v) is 0.813. The van der Waals surface area contributed by atoms with Crippen molar-refractivity contribution < 1.29 is 0 Å². The van der Waals surface area contributed by atoms with Crippen LogP contribution in [0.25, 0.3) is 0 Å². The molecule has 0 saturated carbocycles. The minimum atomic E-state index is 0.725. The average Bonchev–Trinajstić information content (AvgIpc) is 2.28. The fourth-order valence-electron chi connectivity index (χ4n) is 0.813. The first-order valence-electron chi connectivity index (χ1n) is 3.74. The first-order chi connectivity index (χ1) is 5.43. The first-order valence-corrected chi connectivity index (χ1v) is 3.74. The van der Waals surface area contributed by atoms with E-state index in [4.69, 9.17) is 5.73 Å². The standard InChI is InChI=1S/C7H14N4/c8-2-1-6-11-7-5-9-3-4-10-11/h3-5,7,9-10H,1-2,6,8H2. The molecule has 0 fully saturated rings. The van der Waals surface area contributed by atoms with E-state index in [-0.39, 0.29) is 0 Å². The summed E-state index contributed by atoms with van der Waals surface area (Å²) in [6, 6.07) is 0. The average molecular weight is 154 g/mol. The molecule has 0 aliphatic heterocycles. The Hall–Kier alpha value is -1.16. The van der Waals surface area contributed by atoms with Gasteiger partial charge in [-0.3, -0.25) is 4.68 Å². The number of hydrogen-bond donors (Lipinski definition) is 3. The molecule has 62 valence electrons. The van der Waals surface area contributed by atoms with Crippen LogP contribution in [0.1, 0.15) is 6.42 Å². The normalized spacial score (nSPS) is 9.55. The van der Waals surface area contributed by atoms with Gasteiger partial charge in [-0.15, -0.1) is 0 Å². The number of rotatable bonds is 3. The van der Waals surface area contributed by atoms with Crippen LogP contribution in [0, 0.1) is 0 Å². The Kier molecular flexibility index (Phi) is 3.34. The quantitative estimate of drug-likeness (QED) is 0.587. The minimum absolute atomic E-state index is 0.725. The van der Waals surface area contributed by atoms with Crippen LogP contribution in [-0.4, -0.2) is 21.3 Å². The topological polar surface area (TPSA) is 62.5 Å². The van der Waals surface area contributed by atoms with Gasteiger partial charge < -0.3 is 15.8 Å². The van der Waals surface area contributed by atoms with E-state index in [2.05, 4.69) is 10.1 Å². The maximum Gasteiger partial charge on any atom is 0.0399 e. The van der Waals surface area contributed by atoms with Gasteiger partial charge in [0.25, 0.3) is 0 Å². The van der Waals surface area contributed by atoms with Crippen molar-refractivity contribution in [3.8, 4) is 0 Å². The number of aryl methyl sites for hydroxylation is 1. The van der Waals surface area contributed by atoms with Crippen LogP contribution in [0.2, 0.25) is 0 Å². The molecule has 0 radical (unpaired) electrons. The molecule has 1 rings (SSSR count). The van der Waals surface area contributed by atoms with Gasteiger partial charge in [-0.1, -0.05) is 0 Å². The Morgan fingerprint density at radius 3 is 3.00 bits per heavy atom. The van der Waals surface area contributed by atoms with Crippen molar-refractivity contribution in [1.29, 1.82) is 0 Å². The summed E-state index contributed by atoms with van der Waals surface area (Å²) >= 11 is 0. The molecule has 0 saturated heterocycles. The number of nitrogens with zero attached hydrogens (tertiary/aromatic N) is 1. The molecule has 0 unspecified atom stereocenters. The zero-order valence-electron chi connectivity index (χ0n) is 6.46. The van der Waals surface area contributed by atoms with E-state index in [0.29, 0.717) is 0 Å². The third kappa shape index (κ3) is 2.95. The number of nitrogens with one attached hydrogen (secondary N) is 2. The molecule has 4 N–H and O–H groups in total. The smallest absolute Gasteiger partial charge is 0.0399 e. The summed E-state index contributed by atoms with van der Waals surface area (Å²) in [6.07, 6.45) is 8.48. The van der Waals surface area contributed by atoms with E-state index in [1.807, 2.05) is 29.5 Å². The monoisotopic (exact) mass is 154 g/mol. The van der Waals surface area contributed by atoms with E-state index in [0.717, 1.165) is 19.5 Å². The van der Waals surface area contributed by atoms with E-state index < -0.39 is 0 Å². The Bertz CT molecular complexity index is 200. The lowest BCUT2D eigenvalue weighted by molar-refractivity contribution is 0.576. The van der Waals surface area contributed by atoms with Crippen LogP contribution in [-0.2, 0) is 6.54 Å². The number of hydrogen-bond acceptors (Lipinski definition) is 1. The van der Waals surface area contributed by atoms with Crippen LogP contribution in [0.15, 0.2) is 24.8 Å². The molecule has 11 heavy (non-hydrogen) atoms. The van der Waals surface area contributed by atoms with Crippen LogP contribution >= 0.6 is 0 Å². The summed E-state index contributed by atoms with van der Waals surface area (Å²) < 4.78 is 1.98. The third-order valence-electron chi connectivity index (χ3n) is 1.37. The second-order valence-corrected chi connectivity index (χ2v) is 2.28. The SMILES string of the molecule is NCCCn1cc[nH]cc[nH]1. The fraction of sp³-hybridized carbons (Fsp3) is 0.429. The molecule has 0 spiro atoms. The van der Waals surface area contributed by atoms with Gasteiger partial charge in [0.05, 0.1) is 0 Å². The molecule has 0 aliphatic rings. The lowest BCUT2D eigenvalue weighted by Gasteiger charge is -2.00. The van der Waals surface area contributed by atoms with Crippen LogP contribution in [0.5, 0.6) is 0 Å². The second kappa shape index (κ2) is 4.62. The van der Waals surface area contributed by atoms with Gasteiger partial charge in [0.15, 0.2) is 0 Å². The van der Waals surface area contributed by atoms with Crippen molar-refractivity contribution in [3.05, 3.63) is 24.8 Å². The zero-order chi connectivity index (χ0) is 7.94. The highest BCUT2D eigenvalue weighted by atomic mass is 15.2. The lowest BCUT2D eigenvalue weighted by atomic mass is 10.4. The van der Waals surface area contributed by atoms with Crippen molar-refractivity contribution in [2.24, 2.45) is 5.73 Å². The molecule has 4 nitrogen and oxygen atoms in total. The highest BCUT2D eigenvalue weighted by Gasteiger charge is 1.82. The zero-order valence-corrected chi connectivity index (χ0v) is 6.46. The maximum atomic E-state index is 5.37. The van der Waals surface area contributed by atoms with E-state index >= 15 is 0 Å². The van der Waals surface area contributed by atoms with Gasteiger partial charge >= 0.3 is 0 Å². The first kappa shape index (κ1) is 7.94. The predicted molar refractivity (Wildman–Crippen MR) is 44.4 cm³/mol. The Morgan fingerprint density at radius 1 is 1.27 bits per heavy atom. The molecular formula is C7H14N4. The molecule has 0 amide bonds. The predicted octanol–water partition coefficient (Wildman–Crippen LogP) is 0.617. The summed E-state index contributed by atoms with van der Waals surface area (Å²) in [4.78, 5) is 2.96. The van der Waals surface area contributed by atoms with Gasteiger partial charge in [-0.05, 0) is 13.0 Å². The summed E-state index contributed by atoms with van der Waals surface area (Å²) in [7, 11) is 0. The van der Waals surface area contributed by atoms with E-state index in [9.17, 15) is 0 Å². The van der Waals surface area contributed by atoms with Gasteiger partial charge in [0, 0.05) is 31.3 Å². The van der Waals surface area contributed by atoms with Crippen LogP contribution in [0.4, 0.5) is 0 Å². The molecule has 1 heterocycles. The van der Waals surface area contributed by atoms with E-state index in [1.165, 1.54) is 0 Å². The molecule has 1 aromatic heterocycles.